The number of rotatable bonds is 3. The quantitative estimate of drug-likeness (QED) is 0.867. The van der Waals surface area contributed by atoms with Gasteiger partial charge < -0.3 is 11.1 Å². The van der Waals surface area contributed by atoms with E-state index < -0.39 is 0 Å². The van der Waals surface area contributed by atoms with Crippen molar-refractivity contribution in [2.45, 2.75) is 19.4 Å². The molecular weight excluding hydrogens is 224 g/mol. The molecule has 94 valence electrons. The van der Waals surface area contributed by atoms with Crippen molar-refractivity contribution in [3.8, 4) is 0 Å². The Kier molecular flexibility index (Phi) is 3.63. The van der Waals surface area contributed by atoms with Gasteiger partial charge in [0.2, 0.25) is 5.91 Å². The molecule has 2 aromatic rings. The Hall–Kier alpha value is -1.87. The van der Waals surface area contributed by atoms with Crippen LogP contribution in [-0.4, -0.2) is 13.0 Å². The highest BCUT2D eigenvalue weighted by Crippen LogP contribution is 2.22. The summed E-state index contributed by atoms with van der Waals surface area (Å²) in [5.41, 5.74) is 8.27. The molecular formula is C15H18N2O. The number of benzene rings is 2. The van der Waals surface area contributed by atoms with Gasteiger partial charge in [-0.05, 0) is 29.3 Å². The zero-order valence-electron chi connectivity index (χ0n) is 10.7. The molecule has 0 aromatic heterocycles. The van der Waals surface area contributed by atoms with Gasteiger partial charge in [-0.25, -0.2) is 0 Å². The molecule has 1 atom stereocenters. The Morgan fingerprint density at radius 2 is 1.89 bits per heavy atom. The third-order valence-corrected chi connectivity index (χ3v) is 3.13. The first-order valence-corrected chi connectivity index (χ1v) is 6.06. The van der Waals surface area contributed by atoms with Crippen LogP contribution >= 0.6 is 0 Å². The SMILES string of the molecule is CNC(=O)CC(N)c1ccc2cc(C)ccc2c1. The van der Waals surface area contributed by atoms with Crippen LogP contribution in [-0.2, 0) is 4.79 Å². The normalized spacial score (nSPS) is 12.4. The zero-order chi connectivity index (χ0) is 13.1. The first-order chi connectivity index (χ1) is 8.60. The molecule has 0 saturated carbocycles. The summed E-state index contributed by atoms with van der Waals surface area (Å²) in [5.74, 6) is -0.0356. The van der Waals surface area contributed by atoms with Crippen LogP contribution in [0.1, 0.15) is 23.6 Å². The van der Waals surface area contributed by atoms with Crippen LogP contribution in [0.4, 0.5) is 0 Å². The van der Waals surface area contributed by atoms with Gasteiger partial charge in [-0.2, -0.15) is 0 Å². The second kappa shape index (κ2) is 5.19. The van der Waals surface area contributed by atoms with E-state index in [-0.39, 0.29) is 11.9 Å². The maximum Gasteiger partial charge on any atom is 0.221 e. The molecule has 0 heterocycles. The summed E-state index contributed by atoms with van der Waals surface area (Å²) < 4.78 is 0. The maximum absolute atomic E-state index is 11.3. The molecule has 0 spiro atoms. The van der Waals surface area contributed by atoms with Gasteiger partial charge in [0.1, 0.15) is 0 Å². The molecule has 0 bridgehead atoms. The van der Waals surface area contributed by atoms with E-state index in [1.165, 1.54) is 10.9 Å². The average Bonchev–Trinajstić information content (AvgIpc) is 2.37. The number of hydrogen-bond acceptors (Lipinski definition) is 2. The van der Waals surface area contributed by atoms with Gasteiger partial charge >= 0.3 is 0 Å². The third-order valence-electron chi connectivity index (χ3n) is 3.13. The lowest BCUT2D eigenvalue weighted by Crippen LogP contribution is -2.24. The fourth-order valence-corrected chi connectivity index (χ4v) is 2.03. The standard InChI is InChI=1S/C15H18N2O/c1-10-3-4-12-8-13(6-5-11(12)7-10)14(16)9-15(18)17-2/h3-8,14H,9,16H2,1-2H3,(H,17,18). The van der Waals surface area contributed by atoms with Crippen molar-refractivity contribution in [3.63, 3.8) is 0 Å². The van der Waals surface area contributed by atoms with Crippen LogP contribution in [0.15, 0.2) is 36.4 Å². The van der Waals surface area contributed by atoms with Gasteiger partial charge in [0, 0.05) is 19.5 Å². The largest absolute Gasteiger partial charge is 0.359 e. The van der Waals surface area contributed by atoms with Crippen molar-refractivity contribution >= 4 is 16.7 Å². The molecule has 18 heavy (non-hydrogen) atoms. The lowest BCUT2D eigenvalue weighted by molar-refractivity contribution is -0.120. The molecule has 0 radical (unpaired) electrons. The summed E-state index contributed by atoms with van der Waals surface area (Å²) >= 11 is 0. The Morgan fingerprint density at radius 1 is 1.22 bits per heavy atom. The minimum Gasteiger partial charge on any atom is -0.359 e. The van der Waals surface area contributed by atoms with Crippen LogP contribution < -0.4 is 11.1 Å². The number of aryl methyl sites for hydroxylation is 1. The number of nitrogens with one attached hydrogen (secondary N) is 1. The van der Waals surface area contributed by atoms with Gasteiger partial charge in [0.25, 0.3) is 0 Å². The molecule has 0 fully saturated rings. The van der Waals surface area contributed by atoms with Gasteiger partial charge in [0.15, 0.2) is 0 Å². The molecule has 1 unspecified atom stereocenters. The summed E-state index contributed by atoms with van der Waals surface area (Å²) in [6.07, 6.45) is 0.313. The van der Waals surface area contributed by atoms with Crippen LogP contribution in [0, 0.1) is 6.92 Å². The molecule has 2 aromatic carbocycles. The summed E-state index contributed by atoms with van der Waals surface area (Å²) in [6, 6.07) is 12.2. The number of amides is 1. The van der Waals surface area contributed by atoms with Gasteiger partial charge in [0.05, 0.1) is 0 Å². The summed E-state index contributed by atoms with van der Waals surface area (Å²) in [6.45, 7) is 2.07. The Bertz CT molecular complexity index is 578. The highest BCUT2D eigenvalue weighted by Gasteiger charge is 2.10. The first kappa shape index (κ1) is 12.6. The lowest BCUT2D eigenvalue weighted by atomic mass is 9.99. The monoisotopic (exact) mass is 242 g/mol. The third kappa shape index (κ3) is 2.68. The molecule has 0 aliphatic rings. The van der Waals surface area contributed by atoms with Crippen LogP contribution in [0.2, 0.25) is 0 Å². The molecule has 0 aliphatic carbocycles. The van der Waals surface area contributed by atoms with E-state index in [9.17, 15) is 4.79 Å². The Balaban J connectivity index is 2.29. The van der Waals surface area contributed by atoms with E-state index in [1.807, 2.05) is 6.07 Å². The Labute approximate surface area is 107 Å². The second-order valence-electron chi connectivity index (χ2n) is 4.59. The van der Waals surface area contributed by atoms with E-state index in [0.717, 1.165) is 10.9 Å². The van der Waals surface area contributed by atoms with E-state index in [1.54, 1.807) is 7.05 Å². The summed E-state index contributed by atoms with van der Waals surface area (Å²) in [5, 5.41) is 4.95. The highest BCUT2D eigenvalue weighted by atomic mass is 16.1. The number of hydrogen-bond donors (Lipinski definition) is 2. The smallest absolute Gasteiger partial charge is 0.221 e. The number of nitrogens with two attached hydrogens (primary N) is 1. The van der Waals surface area contributed by atoms with Gasteiger partial charge in [-0.15, -0.1) is 0 Å². The van der Waals surface area contributed by atoms with Gasteiger partial charge in [-0.1, -0.05) is 35.9 Å². The van der Waals surface area contributed by atoms with Crippen molar-refractivity contribution in [2.75, 3.05) is 7.05 Å². The summed E-state index contributed by atoms with van der Waals surface area (Å²) in [4.78, 5) is 11.3. The van der Waals surface area contributed by atoms with Crippen LogP contribution in [0.25, 0.3) is 10.8 Å². The van der Waals surface area contributed by atoms with Crippen molar-refractivity contribution in [1.29, 1.82) is 0 Å². The predicted molar refractivity (Wildman–Crippen MR) is 74.3 cm³/mol. The van der Waals surface area contributed by atoms with E-state index in [4.69, 9.17) is 5.73 Å². The first-order valence-electron chi connectivity index (χ1n) is 6.06. The topological polar surface area (TPSA) is 55.1 Å². The van der Waals surface area contributed by atoms with Crippen molar-refractivity contribution in [1.82, 2.24) is 5.32 Å². The van der Waals surface area contributed by atoms with Crippen molar-refractivity contribution in [2.24, 2.45) is 5.73 Å². The van der Waals surface area contributed by atoms with Crippen LogP contribution in [0.5, 0.6) is 0 Å². The predicted octanol–water partition coefficient (Wildman–Crippen LogP) is 2.28. The highest BCUT2D eigenvalue weighted by molar-refractivity contribution is 5.84. The van der Waals surface area contributed by atoms with Crippen molar-refractivity contribution < 1.29 is 4.79 Å². The van der Waals surface area contributed by atoms with Crippen LogP contribution in [0.3, 0.4) is 0 Å². The zero-order valence-corrected chi connectivity index (χ0v) is 10.7. The molecule has 3 heteroatoms. The molecule has 1 amide bonds. The minimum absolute atomic E-state index is 0.0356. The molecule has 3 N–H and O–H groups in total. The minimum atomic E-state index is -0.254. The Morgan fingerprint density at radius 3 is 2.61 bits per heavy atom. The fraction of sp³-hybridized carbons (Fsp3) is 0.267. The van der Waals surface area contributed by atoms with Crippen molar-refractivity contribution in [3.05, 3.63) is 47.5 Å². The fourth-order valence-electron chi connectivity index (χ4n) is 2.03. The van der Waals surface area contributed by atoms with Gasteiger partial charge in [-0.3, -0.25) is 4.79 Å². The summed E-state index contributed by atoms with van der Waals surface area (Å²) in [7, 11) is 1.62. The lowest BCUT2D eigenvalue weighted by Gasteiger charge is -2.12. The average molecular weight is 242 g/mol. The van der Waals surface area contributed by atoms with E-state index in [2.05, 4.69) is 42.6 Å². The molecule has 3 nitrogen and oxygen atoms in total. The van der Waals surface area contributed by atoms with E-state index in [0.29, 0.717) is 6.42 Å². The number of carbonyl (C=O) groups is 1. The number of fused-ring (bicyclic) bond motifs is 1. The molecule has 0 aliphatic heterocycles. The number of carbonyl (C=O) groups excluding carboxylic acids is 1. The maximum atomic E-state index is 11.3. The second-order valence-corrected chi connectivity index (χ2v) is 4.59. The van der Waals surface area contributed by atoms with E-state index >= 15 is 0 Å². The molecule has 0 saturated heterocycles. The molecule has 2 rings (SSSR count).